The van der Waals surface area contributed by atoms with E-state index in [1.807, 2.05) is 19.9 Å². The van der Waals surface area contributed by atoms with E-state index >= 15 is 0 Å². The third-order valence-corrected chi connectivity index (χ3v) is 7.97. The van der Waals surface area contributed by atoms with Crippen LogP contribution in [0, 0.1) is 19.7 Å². The van der Waals surface area contributed by atoms with Gasteiger partial charge >= 0.3 is 6.03 Å². The predicted octanol–water partition coefficient (Wildman–Crippen LogP) is 3.55. The number of rotatable bonds is 5. The lowest BCUT2D eigenvalue weighted by molar-refractivity contribution is -0.131. The highest BCUT2D eigenvalue weighted by atomic mass is 32.2. The first kappa shape index (κ1) is 22.2. The third-order valence-electron chi connectivity index (χ3n) is 6.90. The van der Waals surface area contributed by atoms with E-state index in [1.165, 1.54) is 23.9 Å². The Hall–Kier alpha value is -2.65. The number of imide groups is 1. The summed E-state index contributed by atoms with van der Waals surface area (Å²) in [4.78, 5) is 41.2. The average Bonchev–Trinajstić information content (AvgIpc) is 3.46. The summed E-state index contributed by atoms with van der Waals surface area (Å²) in [5, 5.41) is 2.77. The molecule has 4 heterocycles. The Morgan fingerprint density at radius 2 is 2.12 bits per heavy atom. The minimum absolute atomic E-state index is 0.133. The summed E-state index contributed by atoms with van der Waals surface area (Å²) in [6, 6.07) is 5.47. The maximum Gasteiger partial charge on any atom is 0.325 e. The number of urea groups is 1. The Morgan fingerprint density at radius 1 is 1.30 bits per heavy atom. The van der Waals surface area contributed by atoms with Gasteiger partial charge in [0.15, 0.2) is 5.78 Å². The highest BCUT2D eigenvalue weighted by molar-refractivity contribution is 7.99. The number of ether oxygens (including phenoxy) is 1. The second-order valence-electron chi connectivity index (χ2n) is 8.92. The number of thioether (sulfide) groups is 1. The Balaban J connectivity index is 1.39. The van der Waals surface area contributed by atoms with Gasteiger partial charge in [-0.2, -0.15) is 0 Å². The summed E-state index contributed by atoms with van der Waals surface area (Å²) in [5.74, 6) is -0.657. The molecule has 33 heavy (non-hydrogen) atoms. The van der Waals surface area contributed by atoms with Crippen molar-refractivity contribution in [1.82, 2.24) is 14.8 Å². The molecule has 3 aliphatic heterocycles. The van der Waals surface area contributed by atoms with Crippen molar-refractivity contribution in [2.45, 2.75) is 56.2 Å². The minimum atomic E-state index is -1.32. The number of hydrogen-bond acceptors (Lipinski definition) is 5. The Kier molecular flexibility index (Phi) is 5.56. The molecule has 3 aliphatic rings. The molecule has 1 N–H and O–H groups in total. The van der Waals surface area contributed by atoms with Crippen LogP contribution in [0.2, 0.25) is 0 Å². The van der Waals surface area contributed by atoms with Gasteiger partial charge < -0.3 is 14.6 Å². The third kappa shape index (κ3) is 3.67. The summed E-state index contributed by atoms with van der Waals surface area (Å²) in [6.45, 7) is 4.90. The molecule has 7 nitrogen and oxygen atoms in total. The van der Waals surface area contributed by atoms with Crippen molar-refractivity contribution in [3.05, 3.63) is 52.6 Å². The zero-order chi connectivity index (χ0) is 23.3. The molecule has 1 aromatic heterocycles. The number of benzene rings is 1. The van der Waals surface area contributed by atoms with Crippen molar-refractivity contribution in [2.24, 2.45) is 0 Å². The normalized spacial score (nSPS) is 24.5. The van der Waals surface area contributed by atoms with Crippen LogP contribution in [0.3, 0.4) is 0 Å². The predicted molar refractivity (Wildman–Crippen MR) is 121 cm³/mol. The number of carbonyl (C=O) groups is 3. The largest absolute Gasteiger partial charge is 0.376 e. The van der Waals surface area contributed by atoms with Gasteiger partial charge in [0.05, 0.1) is 12.6 Å². The number of carbonyl (C=O) groups excluding carboxylic acids is 3. The number of aryl methyl sites for hydroxylation is 1. The zero-order valence-electron chi connectivity index (χ0n) is 18.7. The van der Waals surface area contributed by atoms with E-state index in [0.29, 0.717) is 29.8 Å². The number of ketones is 1. The lowest BCUT2D eigenvalue weighted by atomic mass is 9.86. The topological polar surface area (TPSA) is 80.6 Å². The van der Waals surface area contributed by atoms with E-state index in [0.717, 1.165) is 40.6 Å². The molecular weight excluding hydrogens is 445 g/mol. The molecule has 2 aromatic rings. The number of Topliss-reactive ketones (excluding diaryl/α,β-unsaturated/α-hetero) is 1. The van der Waals surface area contributed by atoms with Crippen molar-refractivity contribution < 1.29 is 23.5 Å². The summed E-state index contributed by atoms with van der Waals surface area (Å²) >= 11 is 1.52. The van der Waals surface area contributed by atoms with Gasteiger partial charge in [-0.1, -0.05) is 0 Å². The van der Waals surface area contributed by atoms with Gasteiger partial charge in [-0.25, -0.2) is 9.18 Å². The van der Waals surface area contributed by atoms with E-state index < -0.39 is 23.3 Å². The standard InChI is InChI=1S/C24H26FN3O4S/c1-14-10-18(15(2)27(14)12-17-4-3-8-32-17)20(29)13-28-22(30)24(26-23(28)31)7-9-33-21-6-5-16(25)11-19(21)24/h5-6,10-11,17H,3-4,7-9,12-13H2,1-2H3,(H,26,31)/t17-,24+/m1/s1. The van der Waals surface area contributed by atoms with E-state index in [2.05, 4.69) is 9.88 Å². The summed E-state index contributed by atoms with van der Waals surface area (Å²) < 4.78 is 21.8. The number of fused-ring (bicyclic) bond motifs is 2. The molecule has 0 bridgehead atoms. The van der Waals surface area contributed by atoms with Gasteiger partial charge in [0, 0.05) is 46.3 Å². The second-order valence-corrected chi connectivity index (χ2v) is 10.1. The van der Waals surface area contributed by atoms with Crippen molar-refractivity contribution in [2.75, 3.05) is 18.9 Å². The Morgan fingerprint density at radius 3 is 2.88 bits per heavy atom. The van der Waals surface area contributed by atoms with Crippen LogP contribution in [0.25, 0.3) is 0 Å². The molecule has 2 saturated heterocycles. The first-order chi connectivity index (χ1) is 15.8. The summed E-state index contributed by atoms with van der Waals surface area (Å²) in [6.07, 6.45) is 2.51. The fraction of sp³-hybridized carbons (Fsp3) is 0.458. The van der Waals surface area contributed by atoms with Crippen molar-refractivity contribution in [1.29, 1.82) is 0 Å². The highest BCUT2D eigenvalue weighted by Crippen LogP contribution is 2.44. The van der Waals surface area contributed by atoms with E-state index in [4.69, 9.17) is 4.74 Å². The SMILES string of the molecule is Cc1cc(C(=O)CN2C(=O)N[C@]3(CCSc4ccc(F)cc43)C2=O)c(C)n1C[C@H]1CCCO1. The van der Waals surface area contributed by atoms with Gasteiger partial charge in [0.2, 0.25) is 0 Å². The van der Waals surface area contributed by atoms with Crippen LogP contribution >= 0.6 is 11.8 Å². The molecule has 0 unspecified atom stereocenters. The number of aromatic nitrogens is 1. The minimum Gasteiger partial charge on any atom is -0.376 e. The van der Waals surface area contributed by atoms with Gasteiger partial charge in [-0.05, 0) is 57.4 Å². The van der Waals surface area contributed by atoms with Crippen LogP contribution < -0.4 is 5.32 Å². The van der Waals surface area contributed by atoms with Crippen molar-refractivity contribution in [3.8, 4) is 0 Å². The maximum absolute atomic E-state index is 14.0. The molecular formula is C24H26FN3O4S. The number of hydrogen-bond donors (Lipinski definition) is 1. The zero-order valence-corrected chi connectivity index (χ0v) is 19.5. The number of amides is 3. The van der Waals surface area contributed by atoms with Gasteiger partial charge in [0.25, 0.3) is 5.91 Å². The fourth-order valence-corrected chi connectivity index (χ4v) is 6.30. The first-order valence-corrected chi connectivity index (χ1v) is 12.2. The maximum atomic E-state index is 14.0. The van der Waals surface area contributed by atoms with E-state index in [-0.39, 0.29) is 18.4 Å². The molecule has 1 spiro atoms. The monoisotopic (exact) mass is 471 g/mol. The summed E-state index contributed by atoms with van der Waals surface area (Å²) in [5.41, 5.74) is 1.38. The van der Waals surface area contributed by atoms with E-state index in [1.54, 1.807) is 6.07 Å². The quantitative estimate of drug-likeness (QED) is 0.533. The van der Waals surface area contributed by atoms with Crippen LogP contribution in [0.15, 0.2) is 29.2 Å². The molecule has 174 valence electrons. The van der Waals surface area contributed by atoms with Gasteiger partial charge in [-0.15, -0.1) is 11.8 Å². The van der Waals surface area contributed by atoms with Crippen LogP contribution in [-0.2, 0) is 21.6 Å². The molecule has 0 aliphatic carbocycles. The molecule has 2 atom stereocenters. The van der Waals surface area contributed by atoms with Gasteiger partial charge in [0.1, 0.15) is 11.4 Å². The molecule has 0 saturated carbocycles. The number of nitrogens with one attached hydrogen (secondary N) is 1. The van der Waals surface area contributed by atoms with Crippen molar-refractivity contribution in [3.63, 3.8) is 0 Å². The number of nitrogens with zero attached hydrogens (tertiary/aromatic N) is 2. The fourth-order valence-electron chi connectivity index (χ4n) is 5.12. The molecule has 0 radical (unpaired) electrons. The molecule has 1 aromatic carbocycles. The van der Waals surface area contributed by atoms with Crippen LogP contribution in [0.5, 0.6) is 0 Å². The van der Waals surface area contributed by atoms with Gasteiger partial charge in [-0.3, -0.25) is 14.5 Å². The van der Waals surface area contributed by atoms with E-state index in [9.17, 15) is 18.8 Å². The van der Waals surface area contributed by atoms with Crippen molar-refractivity contribution >= 4 is 29.5 Å². The number of halogens is 1. The Bertz CT molecular complexity index is 1160. The van der Waals surface area contributed by atoms with Crippen LogP contribution in [0.1, 0.15) is 46.6 Å². The second kappa shape index (κ2) is 8.29. The molecule has 5 rings (SSSR count). The van der Waals surface area contributed by atoms with Crippen LogP contribution in [0.4, 0.5) is 9.18 Å². The lowest BCUT2D eigenvalue weighted by Crippen LogP contribution is -2.46. The molecule has 2 fully saturated rings. The smallest absolute Gasteiger partial charge is 0.325 e. The first-order valence-electron chi connectivity index (χ1n) is 11.2. The van der Waals surface area contributed by atoms with Crippen LogP contribution in [-0.4, -0.2) is 52.2 Å². The molecule has 3 amide bonds. The lowest BCUT2D eigenvalue weighted by Gasteiger charge is -2.32. The highest BCUT2D eigenvalue weighted by Gasteiger charge is 2.54. The summed E-state index contributed by atoms with van der Waals surface area (Å²) in [7, 11) is 0. The average molecular weight is 472 g/mol. The Labute approximate surface area is 195 Å². The molecule has 9 heteroatoms.